The van der Waals surface area contributed by atoms with Crippen LogP contribution in [0.1, 0.15) is 49.1 Å². The largest absolute Gasteiger partial charge is 0.391 e. The van der Waals surface area contributed by atoms with Gasteiger partial charge in [0.05, 0.1) is 17.1 Å². The van der Waals surface area contributed by atoms with Gasteiger partial charge in [-0.05, 0) is 49.3 Å². The fourth-order valence-corrected chi connectivity index (χ4v) is 5.84. The number of hydrogen-bond donors (Lipinski definition) is 2. The predicted molar refractivity (Wildman–Crippen MR) is 142 cm³/mol. The molecule has 0 aromatic carbocycles. The second-order valence-electron chi connectivity index (χ2n) is 10.5. The minimum Gasteiger partial charge on any atom is -0.391 e. The number of nitrogens with zero attached hydrogens (tertiary/aromatic N) is 5. The van der Waals surface area contributed by atoms with Crippen LogP contribution in [0.5, 0.6) is 0 Å². The lowest BCUT2D eigenvalue weighted by Gasteiger charge is -2.47. The van der Waals surface area contributed by atoms with Crippen LogP contribution >= 0.6 is 0 Å². The van der Waals surface area contributed by atoms with Crippen molar-refractivity contribution in [2.45, 2.75) is 43.9 Å². The van der Waals surface area contributed by atoms with Crippen LogP contribution in [-0.4, -0.2) is 65.8 Å². The molecule has 1 saturated heterocycles. The summed E-state index contributed by atoms with van der Waals surface area (Å²) in [7, 11) is 1.61. The molecule has 0 radical (unpaired) electrons. The van der Waals surface area contributed by atoms with Crippen molar-refractivity contribution in [2.75, 3.05) is 44.8 Å². The molecule has 38 heavy (non-hydrogen) atoms. The quantitative estimate of drug-likeness (QED) is 0.443. The third kappa shape index (κ3) is 4.19. The highest BCUT2D eigenvalue weighted by molar-refractivity contribution is 5.94. The first-order valence-electron chi connectivity index (χ1n) is 13.4. The molecule has 3 aliphatic rings. The molecule has 0 atom stereocenters. The minimum atomic E-state index is -3.46. The summed E-state index contributed by atoms with van der Waals surface area (Å²) in [5, 5.41) is 7.40. The second-order valence-corrected chi connectivity index (χ2v) is 10.5. The van der Waals surface area contributed by atoms with Gasteiger partial charge in [-0.25, -0.2) is 23.1 Å². The van der Waals surface area contributed by atoms with Gasteiger partial charge >= 0.3 is 0 Å². The minimum absolute atomic E-state index is 0.224. The Morgan fingerprint density at radius 1 is 1.16 bits per heavy atom. The number of pyridine rings is 2. The number of fused-ring (bicyclic) bond motifs is 1. The van der Waals surface area contributed by atoms with Crippen molar-refractivity contribution in [2.24, 2.45) is 5.41 Å². The Morgan fingerprint density at radius 3 is 2.61 bits per heavy atom. The number of alkyl halides is 3. The van der Waals surface area contributed by atoms with Gasteiger partial charge in [-0.15, -0.1) is 0 Å². The van der Waals surface area contributed by atoms with Gasteiger partial charge in [-0.2, -0.15) is 0 Å². The van der Waals surface area contributed by atoms with E-state index >= 15 is 0 Å². The highest BCUT2D eigenvalue weighted by Crippen LogP contribution is 2.56. The number of anilines is 1. The number of hydrogen-bond acceptors (Lipinski definition) is 7. The summed E-state index contributed by atoms with van der Waals surface area (Å²) in [5.74, 6) is -1.60. The van der Waals surface area contributed by atoms with Crippen molar-refractivity contribution in [1.29, 1.82) is 0 Å². The third-order valence-electron chi connectivity index (χ3n) is 8.30. The van der Waals surface area contributed by atoms with Crippen LogP contribution in [0.3, 0.4) is 0 Å². The van der Waals surface area contributed by atoms with E-state index < -0.39 is 18.0 Å². The van der Waals surface area contributed by atoms with Gasteiger partial charge in [0.2, 0.25) is 0 Å². The third-order valence-corrected chi connectivity index (χ3v) is 8.30. The molecule has 4 heterocycles. The van der Waals surface area contributed by atoms with Gasteiger partial charge in [0.1, 0.15) is 5.82 Å². The fraction of sp³-hybridized carbons (Fsp3) is 0.500. The van der Waals surface area contributed by atoms with E-state index in [2.05, 4.69) is 25.5 Å². The van der Waals surface area contributed by atoms with E-state index in [4.69, 9.17) is 9.97 Å². The van der Waals surface area contributed by atoms with Crippen molar-refractivity contribution in [3.05, 3.63) is 47.7 Å². The zero-order chi connectivity index (χ0) is 26.3. The average Bonchev–Trinajstić information content (AvgIpc) is 3.77. The molecule has 0 unspecified atom stereocenters. The first-order valence-corrected chi connectivity index (χ1v) is 13.4. The van der Waals surface area contributed by atoms with Gasteiger partial charge in [0.25, 0.3) is 5.92 Å². The topological polar surface area (TPSA) is 78.9 Å². The highest BCUT2D eigenvalue weighted by atomic mass is 19.3. The summed E-state index contributed by atoms with van der Waals surface area (Å²) in [6.45, 7) is 1.69. The van der Waals surface area contributed by atoms with E-state index in [1.165, 1.54) is 5.56 Å². The van der Waals surface area contributed by atoms with Crippen LogP contribution in [-0.2, 0) is 0 Å². The van der Waals surface area contributed by atoms with Crippen LogP contribution in [0.4, 0.5) is 19.0 Å². The Bertz CT molecular complexity index is 1360. The number of piperazine rings is 1. The summed E-state index contributed by atoms with van der Waals surface area (Å²) in [6, 6.07) is 1.81. The van der Waals surface area contributed by atoms with E-state index in [0.29, 0.717) is 35.0 Å². The molecular weight excluding hydrogens is 491 g/mol. The molecule has 6 rings (SSSR count). The molecule has 2 aliphatic carbocycles. The monoisotopic (exact) mass is 523 g/mol. The number of rotatable bonds is 8. The summed E-state index contributed by atoms with van der Waals surface area (Å²) in [4.78, 5) is 21.1. The molecule has 3 aromatic heterocycles. The van der Waals surface area contributed by atoms with Crippen LogP contribution in [0.25, 0.3) is 28.4 Å². The zero-order valence-electron chi connectivity index (χ0n) is 21.5. The van der Waals surface area contributed by atoms with E-state index in [1.54, 1.807) is 37.8 Å². The van der Waals surface area contributed by atoms with Crippen LogP contribution in [0.15, 0.2) is 36.6 Å². The lowest BCUT2D eigenvalue weighted by atomic mass is 9.62. The van der Waals surface area contributed by atoms with Gasteiger partial charge < -0.3 is 15.5 Å². The summed E-state index contributed by atoms with van der Waals surface area (Å²) >= 11 is 0. The molecule has 0 bridgehead atoms. The van der Waals surface area contributed by atoms with Crippen LogP contribution < -0.4 is 15.5 Å². The smallest absolute Gasteiger partial charge is 0.286 e. The van der Waals surface area contributed by atoms with Gasteiger partial charge in [-0.1, -0.05) is 6.42 Å². The normalized spacial score (nSPS) is 19.9. The van der Waals surface area contributed by atoms with Crippen LogP contribution in [0.2, 0.25) is 0 Å². The Labute approximate surface area is 220 Å². The van der Waals surface area contributed by atoms with Crippen molar-refractivity contribution >= 4 is 22.8 Å². The van der Waals surface area contributed by atoms with E-state index in [9.17, 15) is 13.2 Å². The average molecular weight is 524 g/mol. The molecular formula is C28H32F3N7. The fourth-order valence-electron chi connectivity index (χ4n) is 5.84. The predicted octanol–water partition coefficient (Wildman–Crippen LogP) is 4.71. The molecule has 0 spiro atoms. The Hall–Kier alpha value is -3.27. The van der Waals surface area contributed by atoms with Gasteiger partial charge in [0, 0.05) is 74.0 Å². The lowest BCUT2D eigenvalue weighted by Crippen LogP contribution is -2.52. The second kappa shape index (κ2) is 9.80. The van der Waals surface area contributed by atoms with E-state index in [-0.39, 0.29) is 12.8 Å². The Kier molecular flexibility index (Phi) is 6.45. The van der Waals surface area contributed by atoms with Gasteiger partial charge in [-0.3, -0.25) is 9.97 Å². The zero-order valence-corrected chi connectivity index (χ0v) is 21.5. The maximum atomic E-state index is 14.8. The van der Waals surface area contributed by atoms with Crippen molar-refractivity contribution < 1.29 is 13.2 Å². The van der Waals surface area contributed by atoms with Gasteiger partial charge in [0.15, 0.2) is 12.5 Å². The van der Waals surface area contributed by atoms with E-state index in [0.717, 1.165) is 55.7 Å². The molecule has 2 N–H and O–H groups in total. The molecule has 1 aliphatic heterocycles. The summed E-state index contributed by atoms with van der Waals surface area (Å²) in [6.07, 6.45) is 12.0. The summed E-state index contributed by atoms with van der Waals surface area (Å²) in [5.41, 5.74) is 2.00. The molecule has 3 aromatic rings. The first-order chi connectivity index (χ1) is 18.5. The number of nitrogens with one attached hydrogen (secondary N) is 2. The van der Waals surface area contributed by atoms with Crippen molar-refractivity contribution in [1.82, 2.24) is 30.6 Å². The van der Waals surface area contributed by atoms with E-state index in [1.807, 2.05) is 6.20 Å². The lowest BCUT2D eigenvalue weighted by molar-refractivity contribution is -0.153. The maximum absolute atomic E-state index is 14.8. The number of halogens is 3. The molecule has 2 saturated carbocycles. The SMILES string of the molecule is CN/C(=C\c1cnccc1-c1nc(N2CCNCC2)c2c(C3CC3)cncc2n1)C1(C(F)(F)CF)CCC1. The van der Waals surface area contributed by atoms with Crippen molar-refractivity contribution in [3.63, 3.8) is 0 Å². The molecule has 0 amide bonds. The number of aromatic nitrogens is 4. The maximum Gasteiger partial charge on any atom is 0.286 e. The summed E-state index contributed by atoms with van der Waals surface area (Å²) < 4.78 is 43.2. The molecule has 200 valence electrons. The first kappa shape index (κ1) is 25.0. The highest BCUT2D eigenvalue weighted by Gasteiger charge is 2.59. The van der Waals surface area contributed by atoms with Crippen molar-refractivity contribution in [3.8, 4) is 11.4 Å². The number of allylic oxidation sites excluding steroid dienone is 1. The Morgan fingerprint density at radius 2 is 1.95 bits per heavy atom. The van der Waals surface area contributed by atoms with Crippen LogP contribution in [0, 0.1) is 5.41 Å². The molecule has 7 nitrogen and oxygen atoms in total. The molecule has 3 fully saturated rings. The Balaban J connectivity index is 1.50. The molecule has 10 heteroatoms. The standard InChI is InChI=1S/C28H32F3N7/c1-32-23(27(6-2-7-27)28(30,31)17-29)13-19-14-34-8-5-20(19)25-36-22-16-35-15-21(18-3-4-18)24(22)26(37-25)38-11-9-33-10-12-38/h5,8,13-16,18,32-33H,2-4,6-7,9-12,17H2,1H3/b23-13-.